The first-order valence-electron chi connectivity index (χ1n) is 6.31. The second-order valence-corrected chi connectivity index (χ2v) is 6.41. The first kappa shape index (κ1) is 10.5. The summed E-state index contributed by atoms with van der Waals surface area (Å²) in [5.74, 6) is 0.832. The highest BCUT2D eigenvalue weighted by molar-refractivity contribution is 5.01. The fourth-order valence-electron chi connectivity index (χ4n) is 3.66. The van der Waals surface area contributed by atoms with Crippen LogP contribution in [0.2, 0.25) is 0 Å². The Morgan fingerprint density at radius 1 is 1.00 bits per heavy atom. The molecule has 1 unspecified atom stereocenters. The van der Waals surface area contributed by atoms with E-state index in [0.717, 1.165) is 5.92 Å². The standard InChI is InChI=1S/C13H25N/c1-12(2)8-9-13(14,10-12)11-6-4-3-5-7-11/h11H,3-10,14H2,1-2H3. The van der Waals surface area contributed by atoms with Crippen molar-refractivity contribution in [2.75, 3.05) is 0 Å². The molecule has 0 aliphatic heterocycles. The number of nitrogens with two attached hydrogens (primary N) is 1. The van der Waals surface area contributed by atoms with Crippen molar-refractivity contribution in [2.24, 2.45) is 17.1 Å². The Hall–Kier alpha value is -0.0400. The first-order valence-corrected chi connectivity index (χ1v) is 6.31. The lowest BCUT2D eigenvalue weighted by molar-refractivity contribution is 0.193. The molecule has 1 nitrogen and oxygen atoms in total. The lowest BCUT2D eigenvalue weighted by Crippen LogP contribution is -2.46. The van der Waals surface area contributed by atoms with Crippen molar-refractivity contribution in [1.82, 2.24) is 0 Å². The van der Waals surface area contributed by atoms with Crippen LogP contribution in [0.25, 0.3) is 0 Å². The average Bonchev–Trinajstić information content (AvgIpc) is 2.44. The SMILES string of the molecule is CC1(C)CCC(N)(C2CCCCC2)C1. The Bertz CT molecular complexity index is 203. The Labute approximate surface area is 88.4 Å². The van der Waals surface area contributed by atoms with E-state index in [1.165, 1.54) is 51.4 Å². The lowest BCUT2D eigenvalue weighted by atomic mass is 9.73. The topological polar surface area (TPSA) is 26.0 Å². The quantitative estimate of drug-likeness (QED) is 0.681. The van der Waals surface area contributed by atoms with E-state index in [4.69, 9.17) is 5.73 Å². The smallest absolute Gasteiger partial charge is 0.0188 e. The van der Waals surface area contributed by atoms with Crippen LogP contribution < -0.4 is 5.73 Å². The molecule has 0 radical (unpaired) electrons. The Morgan fingerprint density at radius 3 is 2.14 bits per heavy atom. The fourth-order valence-corrected chi connectivity index (χ4v) is 3.66. The molecule has 0 amide bonds. The number of hydrogen-bond donors (Lipinski definition) is 1. The van der Waals surface area contributed by atoms with Gasteiger partial charge in [0.25, 0.3) is 0 Å². The Kier molecular flexibility index (Phi) is 2.63. The fraction of sp³-hybridized carbons (Fsp3) is 1.00. The van der Waals surface area contributed by atoms with E-state index in [1.807, 2.05) is 0 Å². The predicted molar refractivity (Wildman–Crippen MR) is 61.1 cm³/mol. The zero-order chi connectivity index (χ0) is 10.2. The van der Waals surface area contributed by atoms with Gasteiger partial charge >= 0.3 is 0 Å². The molecule has 0 saturated heterocycles. The van der Waals surface area contributed by atoms with Crippen molar-refractivity contribution < 1.29 is 0 Å². The zero-order valence-electron chi connectivity index (χ0n) is 9.81. The third-order valence-corrected chi connectivity index (χ3v) is 4.49. The van der Waals surface area contributed by atoms with Crippen LogP contribution in [0.3, 0.4) is 0 Å². The largest absolute Gasteiger partial charge is 0.325 e. The molecule has 0 aromatic carbocycles. The Morgan fingerprint density at radius 2 is 1.64 bits per heavy atom. The maximum Gasteiger partial charge on any atom is 0.0188 e. The summed E-state index contributed by atoms with van der Waals surface area (Å²) < 4.78 is 0. The summed E-state index contributed by atoms with van der Waals surface area (Å²) in [7, 11) is 0. The Balaban J connectivity index is 2.01. The van der Waals surface area contributed by atoms with Gasteiger partial charge in [-0.3, -0.25) is 0 Å². The van der Waals surface area contributed by atoms with Gasteiger partial charge in [0.05, 0.1) is 0 Å². The van der Waals surface area contributed by atoms with Crippen molar-refractivity contribution in [3.63, 3.8) is 0 Å². The van der Waals surface area contributed by atoms with Gasteiger partial charge in [0.2, 0.25) is 0 Å². The molecule has 14 heavy (non-hydrogen) atoms. The minimum Gasteiger partial charge on any atom is -0.325 e. The maximum absolute atomic E-state index is 6.61. The number of rotatable bonds is 1. The molecule has 0 aromatic rings. The van der Waals surface area contributed by atoms with Crippen LogP contribution in [0.1, 0.15) is 65.2 Å². The first-order chi connectivity index (χ1) is 6.52. The van der Waals surface area contributed by atoms with Gasteiger partial charge in [0, 0.05) is 5.54 Å². The van der Waals surface area contributed by atoms with Crippen LogP contribution in [-0.2, 0) is 0 Å². The van der Waals surface area contributed by atoms with Gasteiger partial charge in [-0.1, -0.05) is 33.1 Å². The molecule has 0 bridgehead atoms. The normalized spacial score (nSPS) is 38.8. The molecular weight excluding hydrogens is 170 g/mol. The summed E-state index contributed by atoms with van der Waals surface area (Å²) in [6.45, 7) is 4.76. The second-order valence-electron chi connectivity index (χ2n) is 6.41. The summed E-state index contributed by atoms with van der Waals surface area (Å²) in [5, 5.41) is 0. The van der Waals surface area contributed by atoms with Gasteiger partial charge in [-0.05, 0) is 43.4 Å². The van der Waals surface area contributed by atoms with E-state index in [-0.39, 0.29) is 5.54 Å². The van der Waals surface area contributed by atoms with Crippen molar-refractivity contribution in [3.8, 4) is 0 Å². The molecule has 2 N–H and O–H groups in total. The molecule has 2 saturated carbocycles. The highest BCUT2D eigenvalue weighted by Gasteiger charge is 2.45. The third kappa shape index (κ3) is 1.98. The van der Waals surface area contributed by atoms with E-state index < -0.39 is 0 Å². The van der Waals surface area contributed by atoms with E-state index in [1.54, 1.807) is 0 Å². The third-order valence-electron chi connectivity index (χ3n) is 4.49. The summed E-state index contributed by atoms with van der Waals surface area (Å²) >= 11 is 0. The van der Waals surface area contributed by atoms with Crippen LogP contribution in [0.5, 0.6) is 0 Å². The van der Waals surface area contributed by atoms with Gasteiger partial charge in [-0.15, -0.1) is 0 Å². The van der Waals surface area contributed by atoms with Crippen molar-refractivity contribution in [1.29, 1.82) is 0 Å². The van der Waals surface area contributed by atoms with E-state index in [0.29, 0.717) is 5.41 Å². The highest BCUT2D eigenvalue weighted by atomic mass is 14.8. The van der Waals surface area contributed by atoms with Gasteiger partial charge < -0.3 is 5.73 Å². The van der Waals surface area contributed by atoms with Gasteiger partial charge in [-0.25, -0.2) is 0 Å². The van der Waals surface area contributed by atoms with E-state index in [9.17, 15) is 0 Å². The van der Waals surface area contributed by atoms with Crippen molar-refractivity contribution >= 4 is 0 Å². The van der Waals surface area contributed by atoms with Crippen LogP contribution in [0.4, 0.5) is 0 Å². The molecule has 0 aromatic heterocycles. The highest BCUT2D eigenvalue weighted by Crippen LogP contribution is 2.48. The van der Waals surface area contributed by atoms with Gasteiger partial charge in [-0.2, -0.15) is 0 Å². The lowest BCUT2D eigenvalue weighted by Gasteiger charge is -2.37. The average molecular weight is 195 g/mol. The minimum atomic E-state index is 0.198. The summed E-state index contributed by atoms with van der Waals surface area (Å²) in [6, 6.07) is 0. The van der Waals surface area contributed by atoms with Crippen LogP contribution in [0, 0.1) is 11.3 Å². The van der Waals surface area contributed by atoms with E-state index >= 15 is 0 Å². The minimum absolute atomic E-state index is 0.198. The molecule has 1 heteroatoms. The molecule has 82 valence electrons. The molecule has 0 heterocycles. The summed E-state index contributed by atoms with van der Waals surface area (Å²) in [4.78, 5) is 0. The molecule has 2 fully saturated rings. The molecule has 2 rings (SSSR count). The summed E-state index contributed by atoms with van der Waals surface area (Å²) in [6.07, 6.45) is 10.9. The molecular formula is C13H25N. The maximum atomic E-state index is 6.61. The number of hydrogen-bond acceptors (Lipinski definition) is 1. The van der Waals surface area contributed by atoms with Crippen LogP contribution in [0.15, 0.2) is 0 Å². The predicted octanol–water partition coefficient (Wildman–Crippen LogP) is 3.47. The molecule has 0 spiro atoms. The van der Waals surface area contributed by atoms with Gasteiger partial charge in [0.15, 0.2) is 0 Å². The van der Waals surface area contributed by atoms with Crippen LogP contribution in [-0.4, -0.2) is 5.54 Å². The molecule has 1 atom stereocenters. The van der Waals surface area contributed by atoms with Crippen molar-refractivity contribution in [2.45, 2.75) is 70.8 Å². The van der Waals surface area contributed by atoms with Crippen LogP contribution >= 0.6 is 0 Å². The zero-order valence-corrected chi connectivity index (χ0v) is 9.81. The monoisotopic (exact) mass is 195 g/mol. The van der Waals surface area contributed by atoms with Crippen molar-refractivity contribution in [3.05, 3.63) is 0 Å². The van der Waals surface area contributed by atoms with E-state index in [2.05, 4.69) is 13.8 Å². The summed E-state index contributed by atoms with van der Waals surface area (Å²) in [5.41, 5.74) is 7.31. The second kappa shape index (κ2) is 3.52. The molecule has 2 aliphatic carbocycles. The van der Waals surface area contributed by atoms with Gasteiger partial charge in [0.1, 0.15) is 0 Å². The molecule has 2 aliphatic rings.